The van der Waals surface area contributed by atoms with Gasteiger partial charge in [0.05, 0.1) is 16.8 Å². The SMILES string of the molecule is CCC(C)NC(=O)c1cnc(Nc2ccccc2C(F)(F)F)nc1. The fourth-order valence-corrected chi connectivity index (χ4v) is 1.88. The number of amides is 1. The van der Waals surface area contributed by atoms with Gasteiger partial charge >= 0.3 is 6.18 Å². The van der Waals surface area contributed by atoms with Crippen LogP contribution in [0.25, 0.3) is 0 Å². The van der Waals surface area contributed by atoms with E-state index in [2.05, 4.69) is 20.6 Å². The molecule has 0 radical (unpaired) electrons. The highest BCUT2D eigenvalue weighted by atomic mass is 19.4. The molecule has 0 spiro atoms. The smallest absolute Gasteiger partial charge is 0.350 e. The molecule has 0 saturated carbocycles. The van der Waals surface area contributed by atoms with Crippen molar-refractivity contribution in [3.05, 3.63) is 47.8 Å². The Morgan fingerprint density at radius 1 is 1.21 bits per heavy atom. The van der Waals surface area contributed by atoms with Crippen molar-refractivity contribution < 1.29 is 18.0 Å². The van der Waals surface area contributed by atoms with E-state index < -0.39 is 11.7 Å². The van der Waals surface area contributed by atoms with E-state index in [1.54, 1.807) is 0 Å². The van der Waals surface area contributed by atoms with Crippen molar-refractivity contribution in [2.45, 2.75) is 32.5 Å². The van der Waals surface area contributed by atoms with Crippen LogP contribution >= 0.6 is 0 Å². The Balaban J connectivity index is 2.14. The molecule has 128 valence electrons. The molecule has 1 aromatic carbocycles. The summed E-state index contributed by atoms with van der Waals surface area (Å²) in [6.45, 7) is 3.80. The minimum atomic E-state index is -4.49. The van der Waals surface area contributed by atoms with Gasteiger partial charge in [-0.1, -0.05) is 19.1 Å². The Morgan fingerprint density at radius 2 is 1.83 bits per heavy atom. The third-order valence-corrected chi connectivity index (χ3v) is 3.38. The molecule has 1 heterocycles. The van der Waals surface area contributed by atoms with Gasteiger partial charge in [-0.15, -0.1) is 0 Å². The first-order valence-corrected chi connectivity index (χ1v) is 7.37. The zero-order chi connectivity index (χ0) is 17.7. The Bertz CT molecular complexity index is 701. The van der Waals surface area contributed by atoms with Crippen LogP contribution in [0.2, 0.25) is 0 Å². The van der Waals surface area contributed by atoms with Crippen LogP contribution in [0.4, 0.5) is 24.8 Å². The number of rotatable bonds is 5. The van der Waals surface area contributed by atoms with Gasteiger partial charge < -0.3 is 10.6 Å². The number of alkyl halides is 3. The van der Waals surface area contributed by atoms with Gasteiger partial charge in [0.15, 0.2) is 0 Å². The van der Waals surface area contributed by atoms with Gasteiger partial charge in [0.25, 0.3) is 5.91 Å². The van der Waals surface area contributed by atoms with E-state index in [-0.39, 0.29) is 29.1 Å². The van der Waals surface area contributed by atoms with Crippen molar-refractivity contribution in [2.24, 2.45) is 0 Å². The first-order valence-electron chi connectivity index (χ1n) is 7.37. The second kappa shape index (κ2) is 7.29. The summed E-state index contributed by atoms with van der Waals surface area (Å²) < 4.78 is 38.8. The highest BCUT2D eigenvalue weighted by Gasteiger charge is 2.33. The molecule has 0 aliphatic heterocycles. The quantitative estimate of drug-likeness (QED) is 0.871. The lowest BCUT2D eigenvalue weighted by atomic mass is 10.1. The third-order valence-electron chi connectivity index (χ3n) is 3.38. The molecule has 8 heteroatoms. The summed E-state index contributed by atoms with van der Waals surface area (Å²) in [6.07, 6.45) is -1.17. The van der Waals surface area contributed by atoms with E-state index >= 15 is 0 Å². The zero-order valence-electron chi connectivity index (χ0n) is 13.2. The standard InChI is InChI=1S/C16H17F3N4O/c1-3-10(2)22-14(24)11-8-20-15(21-9-11)23-13-7-5-4-6-12(13)16(17,18)19/h4-10H,3H2,1-2H3,(H,22,24)(H,20,21,23). The number of hydrogen-bond acceptors (Lipinski definition) is 4. The van der Waals surface area contributed by atoms with Crippen molar-refractivity contribution in [3.8, 4) is 0 Å². The summed E-state index contributed by atoms with van der Waals surface area (Å²) in [4.78, 5) is 19.7. The number of carbonyl (C=O) groups is 1. The first kappa shape index (κ1) is 17.7. The molecule has 0 saturated heterocycles. The summed E-state index contributed by atoms with van der Waals surface area (Å²) in [5, 5.41) is 5.28. The highest BCUT2D eigenvalue weighted by Crippen LogP contribution is 2.35. The minimum absolute atomic E-state index is 0.00830. The molecular formula is C16H17F3N4O. The molecule has 1 aromatic heterocycles. The van der Waals surface area contributed by atoms with Crippen molar-refractivity contribution in [2.75, 3.05) is 5.32 Å². The van der Waals surface area contributed by atoms with E-state index in [9.17, 15) is 18.0 Å². The van der Waals surface area contributed by atoms with E-state index in [4.69, 9.17) is 0 Å². The van der Waals surface area contributed by atoms with Crippen molar-refractivity contribution in [1.29, 1.82) is 0 Å². The lowest BCUT2D eigenvalue weighted by Crippen LogP contribution is -2.32. The number of carbonyl (C=O) groups excluding carboxylic acids is 1. The Labute approximate surface area is 137 Å². The zero-order valence-corrected chi connectivity index (χ0v) is 13.2. The lowest BCUT2D eigenvalue weighted by Gasteiger charge is -2.14. The van der Waals surface area contributed by atoms with Crippen molar-refractivity contribution in [1.82, 2.24) is 15.3 Å². The minimum Gasteiger partial charge on any atom is -0.350 e. The average molecular weight is 338 g/mol. The van der Waals surface area contributed by atoms with Crippen LogP contribution in [0.5, 0.6) is 0 Å². The molecule has 0 aliphatic rings. The van der Waals surface area contributed by atoms with Crippen LogP contribution in [0, 0.1) is 0 Å². The van der Waals surface area contributed by atoms with Gasteiger partial charge in [-0.25, -0.2) is 9.97 Å². The number of nitrogens with zero attached hydrogens (tertiary/aromatic N) is 2. The maximum absolute atomic E-state index is 12.9. The fraction of sp³-hybridized carbons (Fsp3) is 0.312. The average Bonchev–Trinajstić information content (AvgIpc) is 2.55. The molecule has 5 nitrogen and oxygen atoms in total. The van der Waals surface area contributed by atoms with Crippen LogP contribution < -0.4 is 10.6 Å². The van der Waals surface area contributed by atoms with Gasteiger partial charge in [0, 0.05) is 18.4 Å². The van der Waals surface area contributed by atoms with Crippen LogP contribution in [0.15, 0.2) is 36.7 Å². The predicted octanol–water partition coefficient (Wildman–Crippen LogP) is 3.77. The first-order chi connectivity index (χ1) is 11.3. The Hall–Kier alpha value is -2.64. The van der Waals surface area contributed by atoms with Gasteiger partial charge in [-0.3, -0.25) is 4.79 Å². The molecule has 0 bridgehead atoms. The van der Waals surface area contributed by atoms with E-state index in [0.29, 0.717) is 0 Å². The molecule has 1 atom stereocenters. The van der Waals surface area contributed by atoms with Gasteiger partial charge in [0.1, 0.15) is 0 Å². The van der Waals surface area contributed by atoms with Crippen LogP contribution in [0.3, 0.4) is 0 Å². The molecule has 24 heavy (non-hydrogen) atoms. The maximum atomic E-state index is 12.9. The van der Waals surface area contributed by atoms with E-state index in [0.717, 1.165) is 12.5 Å². The fourth-order valence-electron chi connectivity index (χ4n) is 1.88. The number of anilines is 2. The van der Waals surface area contributed by atoms with E-state index in [1.807, 2.05) is 13.8 Å². The molecule has 0 aliphatic carbocycles. The number of benzene rings is 1. The molecule has 2 N–H and O–H groups in total. The maximum Gasteiger partial charge on any atom is 0.418 e. The van der Waals surface area contributed by atoms with Gasteiger partial charge in [0.2, 0.25) is 5.95 Å². The number of nitrogens with one attached hydrogen (secondary N) is 2. The van der Waals surface area contributed by atoms with Gasteiger partial charge in [-0.2, -0.15) is 13.2 Å². The van der Waals surface area contributed by atoms with Crippen LogP contribution in [-0.2, 0) is 6.18 Å². The lowest BCUT2D eigenvalue weighted by molar-refractivity contribution is -0.136. The second-order valence-corrected chi connectivity index (χ2v) is 5.25. The largest absolute Gasteiger partial charge is 0.418 e. The third kappa shape index (κ3) is 4.43. The molecule has 1 unspecified atom stereocenters. The summed E-state index contributed by atoms with van der Waals surface area (Å²) >= 11 is 0. The van der Waals surface area contributed by atoms with Crippen LogP contribution in [-0.4, -0.2) is 21.9 Å². The van der Waals surface area contributed by atoms with Crippen molar-refractivity contribution >= 4 is 17.5 Å². The normalized spacial score (nSPS) is 12.5. The molecule has 2 aromatic rings. The molecule has 0 fully saturated rings. The Kier molecular flexibility index (Phi) is 5.38. The highest BCUT2D eigenvalue weighted by molar-refractivity contribution is 5.93. The second-order valence-electron chi connectivity index (χ2n) is 5.25. The summed E-state index contributed by atoms with van der Waals surface area (Å²) in [5.41, 5.74) is -0.723. The van der Waals surface area contributed by atoms with Gasteiger partial charge in [-0.05, 0) is 25.5 Å². The number of para-hydroxylation sites is 1. The molecular weight excluding hydrogens is 321 g/mol. The Morgan fingerprint density at radius 3 is 2.42 bits per heavy atom. The molecule has 2 rings (SSSR count). The summed E-state index contributed by atoms with van der Waals surface area (Å²) in [6, 6.07) is 5.04. The summed E-state index contributed by atoms with van der Waals surface area (Å²) in [5.74, 6) is -0.349. The van der Waals surface area contributed by atoms with E-state index in [1.165, 1.54) is 30.6 Å². The number of halogens is 3. The predicted molar refractivity (Wildman–Crippen MR) is 84.0 cm³/mol. The topological polar surface area (TPSA) is 66.9 Å². The number of hydrogen-bond donors (Lipinski definition) is 2. The monoisotopic (exact) mass is 338 g/mol. The summed E-state index contributed by atoms with van der Waals surface area (Å²) in [7, 11) is 0. The number of aromatic nitrogens is 2. The molecule has 1 amide bonds. The van der Waals surface area contributed by atoms with Crippen LogP contribution in [0.1, 0.15) is 36.2 Å². The van der Waals surface area contributed by atoms with Crippen molar-refractivity contribution in [3.63, 3.8) is 0 Å².